The average Bonchev–Trinajstić information content (AvgIpc) is 2.53. The second-order valence-electron chi connectivity index (χ2n) is 6.49. The van der Waals surface area contributed by atoms with E-state index in [9.17, 15) is 4.79 Å². The zero-order valence-electron chi connectivity index (χ0n) is 14.3. The number of thioether (sulfide) groups is 1. The van der Waals surface area contributed by atoms with Crippen molar-refractivity contribution in [2.45, 2.75) is 24.5 Å². The first-order valence-electron chi connectivity index (χ1n) is 8.40. The van der Waals surface area contributed by atoms with E-state index in [-0.39, 0.29) is 5.91 Å². The van der Waals surface area contributed by atoms with Crippen molar-refractivity contribution in [2.75, 3.05) is 19.6 Å². The zero-order chi connectivity index (χ0) is 16.9. The fraction of sp³-hybridized carbons (Fsp3) is 0.350. The van der Waals surface area contributed by atoms with Gasteiger partial charge in [-0.05, 0) is 43.2 Å². The lowest BCUT2D eigenvalue weighted by atomic mass is 10.0. The quantitative estimate of drug-likeness (QED) is 0.790. The zero-order valence-corrected chi connectivity index (χ0v) is 15.1. The summed E-state index contributed by atoms with van der Waals surface area (Å²) in [6.45, 7) is 7.03. The van der Waals surface area contributed by atoms with E-state index < -0.39 is 0 Å². The fourth-order valence-corrected chi connectivity index (χ4v) is 3.71. The molecule has 0 spiro atoms. The highest BCUT2D eigenvalue weighted by Crippen LogP contribution is 2.26. The van der Waals surface area contributed by atoms with Crippen molar-refractivity contribution in [2.24, 2.45) is 5.92 Å². The first-order valence-corrected chi connectivity index (χ1v) is 9.38. The summed E-state index contributed by atoms with van der Waals surface area (Å²) in [5.74, 6) is 1.48. The Hall–Kier alpha value is -1.78. The molecule has 0 bridgehead atoms. The number of carbonyl (C=O) groups is 1. The van der Waals surface area contributed by atoms with Gasteiger partial charge in [0.1, 0.15) is 0 Å². The van der Waals surface area contributed by atoms with Gasteiger partial charge in [0.2, 0.25) is 0 Å². The summed E-state index contributed by atoms with van der Waals surface area (Å²) >= 11 is 1.82. The van der Waals surface area contributed by atoms with Crippen LogP contribution < -0.4 is 10.6 Å². The Kier molecular flexibility index (Phi) is 5.59. The smallest absolute Gasteiger partial charge is 0.251 e. The third kappa shape index (κ3) is 4.40. The van der Waals surface area contributed by atoms with E-state index in [1.165, 1.54) is 21.6 Å². The standard InChI is InChI=1S/C20H24N2OS/c1-14-6-7-19(15(2)8-14)24-13-16-4-3-5-18(9-16)20(23)22-12-17-10-21-11-17/h3-9,17,21H,10-13H2,1-2H3,(H,22,23). The van der Waals surface area contributed by atoms with Gasteiger partial charge in [-0.25, -0.2) is 0 Å². The second kappa shape index (κ2) is 7.86. The summed E-state index contributed by atoms with van der Waals surface area (Å²) in [6.07, 6.45) is 0. The Morgan fingerprint density at radius 3 is 2.75 bits per heavy atom. The Bertz CT molecular complexity index is 725. The average molecular weight is 340 g/mol. The van der Waals surface area contributed by atoms with Crippen molar-refractivity contribution in [3.63, 3.8) is 0 Å². The van der Waals surface area contributed by atoms with E-state index >= 15 is 0 Å². The Labute approximate surface area is 148 Å². The van der Waals surface area contributed by atoms with E-state index in [0.29, 0.717) is 5.92 Å². The second-order valence-corrected chi connectivity index (χ2v) is 7.51. The summed E-state index contributed by atoms with van der Waals surface area (Å²) in [6, 6.07) is 14.5. The summed E-state index contributed by atoms with van der Waals surface area (Å²) in [7, 11) is 0. The summed E-state index contributed by atoms with van der Waals surface area (Å²) in [5, 5.41) is 6.25. The van der Waals surface area contributed by atoms with Crippen LogP contribution in [0.3, 0.4) is 0 Å². The van der Waals surface area contributed by atoms with Crippen LogP contribution in [0.25, 0.3) is 0 Å². The molecule has 2 aromatic carbocycles. The predicted octanol–water partition coefficient (Wildman–Crippen LogP) is 3.54. The number of benzene rings is 2. The maximum Gasteiger partial charge on any atom is 0.251 e. The van der Waals surface area contributed by atoms with Gasteiger partial charge >= 0.3 is 0 Å². The van der Waals surface area contributed by atoms with Gasteiger partial charge in [-0.15, -0.1) is 11.8 Å². The van der Waals surface area contributed by atoms with Gasteiger partial charge in [0.25, 0.3) is 5.91 Å². The van der Waals surface area contributed by atoms with Crippen LogP contribution in [-0.4, -0.2) is 25.5 Å². The minimum atomic E-state index is 0.0280. The van der Waals surface area contributed by atoms with Crippen molar-refractivity contribution in [3.05, 3.63) is 64.7 Å². The molecule has 2 N–H and O–H groups in total. The molecule has 2 aromatic rings. The molecule has 1 heterocycles. The maximum atomic E-state index is 12.3. The van der Waals surface area contributed by atoms with E-state index in [1.807, 2.05) is 30.0 Å². The molecular formula is C20H24N2OS. The summed E-state index contributed by atoms with van der Waals surface area (Å²) in [5.41, 5.74) is 4.53. The number of rotatable bonds is 6. The van der Waals surface area contributed by atoms with Crippen LogP contribution in [0.1, 0.15) is 27.0 Å². The number of nitrogens with one attached hydrogen (secondary N) is 2. The van der Waals surface area contributed by atoms with Crippen molar-refractivity contribution in [1.29, 1.82) is 0 Å². The van der Waals surface area contributed by atoms with E-state index in [1.54, 1.807) is 0 Å². The van der Waals surface area contributed by atoms with Gasteiger partial charge in [0.15, 0.2) is 0 Å². The minimum Gasteiger partial charge on any atom is -0.352 e. The third-order valence-corrected chi connectivity index (χ3v) is 5.58. The summed E-state index contributed by atoms with van der Waals surface area (Å²) < 4.78 is 0. The number of amides is 1. The van der Waals surface area contributed by atoms with E-state index in [0.717, 1.165) is 31.0 Å². The van der Waals surface area contributed by atoms with Crippen molar-refractivity contribution in [1.82, 2.24) is 10.6 Å². The topological polar surface area (TPSA) is 41.1 Å². The van der Waals surface area contributed by atoms with Crippen LogP contribution in [0, 0.1) is 19.8 Å². The van der Waals surface area contributed by atoms with Crippen molar-refractivity contribution in [3.8, 4) is 0 Å². The van der Waals surface area contributed by atoms with Crippen LogP contribution in [0.5, 0.6) is 0 Å². The molecule has 3 rings (SSSR count). The first-order chi connectivity index (χ1) is 11.6. The van der Waals surface area contributed by atoms with Gasteiger partial charge in [0, 0.05) is 41.8 Å². The van der Waals surface area contributed by atoms with Gasteiger partial charge in [-0.2, -0.15) is 0 Å². The Morgan fingerprint density at radius 2 is 2.04 bits per heavy atom. The molecular weight excluding hydrogens is 316 g/mol. The molecule has 0 aliphatic carbocycles. The number of carbonyl (C=O) groups excluding carboxylic acids is 1. The number of hydrogen-bond acceptors (Lipinski definition) is 3. The largest absolute Gasteiger partial charge is 0.352 e. The predicted molar refractivity (Wildman–Crippen MR) is 101 cm³/mol. The first kappa shape index (κ1) is 17.1. The molecule has 1 amide bonds. The lowest BCUT2D eigenvalue weighted by Gasteiger charge is -2.27. The molecule has 0 radical (unpaired) electrons. The number of aryl methyl sites for hydroxylation is 2. The van der Waals surface area contributed by atoms with Crippen LogP contribution in [0.2, 0.25) is 0 Å². The number of hydrogen-bond donors (Lipinski definition) is 2. The van der Waals surface area contributed by atoms with E-state index in [2.05, 4.69) is 48.7 Å². The van der Waals surface area contributed by atoms with Gasteiger partial charge in [-0.3, -0.25) is 4.79 Å². The summed E-state index contributed by atoms with van der Waals surface area (Å²) in [4.78, 5) is 13.6. The minimum absolute atomic E-state index is 0.0280. The molecule has 4 heteroatoms. The molecule has 0 saturated carbocycles. The van der Waals surface area contributed by atoms with Gasteiger partial charge < -0.3 is 10.6 Å². The molecule has 24 heavy (non-hydrogen) atoms. The molecule has 1 fully saturated rings. The molecule has 0 aromatic heterocycles. The van der Waals surface area contributed by atoms with Crippen molar-refractivity contribution >= 4 is 17.7 Å². The van der Waals surface area contributed by atoms with Gasteiger partial charge in [0.05, 0.1) is 0 Å². The lowest BCUT2D eigenvalue weighted by molar-refractivity contribution is 0.0942. The highest BCUT2D eigenvalue weighted by atomic mass is 32.2. The Morgan fingerprint density at radius 1 is 1.21 bits per heavy atom. The van der Waals surface area contributed by atoms with Crippen molar-refractivity contribution < 1.29 is 4.79 Å². The molecule has 0 atom stereocenters. The molecule has 3 nitrogen and oxygen atoms in total. The fourth-order valence-electron chi connectivity index (χ4n) is 2.76. The molecule has 1 aliphatic heterocycles. The van der Waals surface area contributed by atoms with Crippen LogP contribution in [0.15, 0.2) is 47.4 Å². The SMILES string of the molecule is Cc1ccc(SCc2cccc(C(=O)NCC3CNC3)c2)c(C)c1. The van der Waals surface area contributed by atoms with Crippen LogP contribution >= 0.6 is 11.8 Å². The highest BCUT2D eigenvalue weighted by Gasteiger charge is 2.17. The molecule has 1 aliphatic rings. The monoisotopic (exact) mass is 340 g/mol. The highest BCUT2D eigenvalue weighted by molar-refractivity contribution is 7.98. The molecule has 126 valence electrons. The Balaban J connectivity index is 1.58. The lowest BCUT2D eigenvalue weighted by Crippen LogP contribution is -2.48. The van der Waals surface area contributed by atoms with Crippen LogP contribution in [0.4, 0.5) is 0 Å². The maximum absolute atomic E-state index is 12.3. The van der Waals surface area contributed by atoms with E-state index in [4.69, 9.17) is 0 Å². The molecule has 1 saturated heterocycles. The normalized spacial score (nSPS) is 14.2. The molecule has 0 unspecified atom stereocenters. The third-order valence-electron chi connectivity index (χ3n) is 4.33. The van der Waals surface area contributed by atoms with Crippen LogP contribution in [-0.2, 0) is 5.75 Å². The van der Waals surface area contributed by atoms with Gasteiger partial charge in [-0.1, -0.05) is 29.8 Å².